The number of carbonyl (C=O) groups is 2. The van der Waals surface area contributed by atoms with E-state index in [1.807, 2.05) is 0 Å². The SMILES string of the molecule is [2H]C1([2H])N(C(=O)CC2CCN(C(N)=O)CC2)C([2H])([2H])C([2H])([2H])C([2H])([C@H]2c3ncc(Br)cc3CCc3cc(Cl)cc(Br)c32)C1([2H])[2H]. The van der Waals surface area contributed by atoms with Gasteiger partial charge in [0.05, 0.1) is 5.69 Å². The first-order chi connectivity index (χ1) is 20.7. The molecule has 0 unspecified atom stereocenters. The number of aromatic nitrogens is 1. The van der Waals surface area contributed by atoms with Crippen molar-refractivity contribution in [1.82, 2.24) is 14.8 Å². The van der Waals surface area contributed by atoms with E-state index in [9.17, 15) is 16.4 Å². The molecule has 36 heavy (non-hydrogen) atoms. The summed E-state index contributed by atoms with van der Waals surface area (Å²) in [5, 5.41) is 0.331. The van der Waals surface area contributed by atoms with Gasteiger partial charge in [-0.05, 0) is 101 Å². The van der Waals surface area contributed by atoms with Gasteiger partial charge in [-0.2, -0.15) is 0 Å². The largest absolute Gasteiger partial charge is 0.351 e. The fraction of sp³-hybridized carbons (Fsp3) is 0.519. The fourth-order valence-electron chi connectivity index (χ4n) is 5.06. The number of urea groups is 1. The Kier molecular flexibility index (Phi) is 5.21. The maximum atomic E-state index is 13.8. The van der Waals surface area contributed by atoms with Crippen LogP contribution in [0.15, 0.2) is 33.3 Å². The maximum absolute atomic E-state index is 13.8. The number of amides is 3. The van der Waals surface area contributed by atoms with Crippen LogP contribution in [0.25, 0.3) is 0 Å². The van der Waals surface area contributed by atoms with Crippen molar-refractivity contribution < 1.29 is 21.9 Å². The highest BCUT2D eigenvalue weighted by Gasteiger charge is 2.36. The second-order valence-electron chi connectivity index (χ2n) is 9.18. The topological polar surface area (TPSA) is 79.5 Å². The Morgan fingerprint density at radius 2 is 1.81 bits per heavy atom. The van der Waals surface area contributed by atoms with Gasteiger partial charge in [-0.3, -0.25) is 9.78 Å². The summed E-state index contributed by atoms with van der Waals surface area (Å²) < 4.78 is 83.7. The van der Waals surface area contributed by atoms with Crippen molar-refractivity contribution in [3.8, 4) is 0 Å². The van der Waals surface area contributed by atoms with E-state index < -0.39 is 61.8 Å². The number of carbonyl (C=O) groups excluding carboxylic acids is 2. The molecule has 1 aliphatic carbocycles. The van der Waals surface area contributed by atoms with Crippen LogP contribution in [0.1, 0.15) is 72.6 Å². The molecule has 0 bridgehead atoms. The molecule has 1 aromatic heterocycles. The average Bonchev–Trinajstić information content (AvgIpc) is 3.08. The molecule has 2 aromatic rings. The molecule has 0 saturated carbocycles. The van der Waals surface area contributed by atoms with Crippen LogP contribution in [0, 0.1) is 11.8 Å². The summed E-state index contributed by atoms with van der Waals surface area (Å²) in [5.74, 6) is -6.38. The second-order valence-corrected chi connectivity index (χ2v) is 11.4. The van der Waals surface area contributed by atoms with Gasteiger partial charge in [-0.1, -0.05) is 27.5 Å². The molecule has 2 fully saturated rings. The first kappa shape index (κ1) is 17.0. The number of piperidine rings is 2. The van der Waals surface area contributed by atoms with Crippen molar-refractivity contribution in [3.63, 3.8) is 0 Å². The van der Waals surface area contributed by atoms with E-state index in [1.165, 1.54) is 17.2 Å². The van der Waals surface area contributed by atoms with Gasteiger partial charge >= 0.3 is 6.03 Å². The minimum absolute atomic E-state index is 0.0255. The van der Waals surface area contributed by atoms with Crippen molar-refractivity contribution in [2.45, 2.75) is 50.8 Å². The highest BCUT2D eigenvalue weighted by molar-refractivity contribution is 9.10. The number of aryl methyl sites for hydroxylation is 2. The molecule has 3 amide bonds. The number of rotatable bonds is 3. The van der Waals surface area contributed by atoms with Gasteiger partial charge in [0, 0.05) is 70.9 Å². The minimum atomic E-state index is -3.50. The van der Waals surface area contributed by atoms with Crippen molar-refractivity contribution in [1.29, 1.82) is 0 Å². The van der Waals surface area contributed by atoms with E-state index in [2.05, 4.69) is 36.8 Å². The van der Waals surface area contributed by atoms with Crippen LogP contribution in [-0.4, -0.2) is 52.8 Å². The van der Waals surface area contributed by atoms with Gasteiger partial charge in [0.2, 0.25) is 5.91 Å². The normalized spacial score (nSPS) is 31.2. The number of hydrogen-bond donors (Lipinski definition) is 1. The molecule has 0 radical (unpaired) electrons. The van der Waals surface area contributed by atoms with E-state index in [4.69, 9.17) is 22.8 Å². The van der Waals surface area contributed by atoms with E-state index in [0.717, 1.165) is 0 Å². The summed E-state index contributed by atoms with van der Waals surface area (Å²) in [4.78, 5) is 31.2. The highest BCUT2D eigenvalue weighted by Crippen LogP contribution is 2.46. The fourth-order valence-corrected chi connectivity index (χ4v) is 6.54. The zero-order valence-corrected chi connectivity index (χ0v) is 23.2. The van der Waals surface area contributed by atoms with Crippen LogP contribution in [0.3, 0.4) is 0 Å². The molecule has 6 nitrogen and oxygen atoms in total. The Hall–Kier alpha value is -1.64. The number of benzene rings is 1. The van der Waals surface area contributed by atoms with E-state index >= 15 is 0 Å². The van der Waals surface area contributed by atoms with Crippen LogP contribution >= 0.6 is 43.5 Å². The van der Waals surface area contributed by atoms with Gasteiger partial charge in [0.15, 0.2) is 0 Å². The van der Waals surface area contributed by atoms with Gasteiger partial charge < -0.3 is 15.5 Å². The molecule has 2 N–H and O–H groups in total. The van der Waals surface area contributed by atoms with Crippen LogP contribution in [-0.2, 0) is 17.6 Å². The van der Waals surface area contributed by atoms with Crippen molar-refractivity contribution in [2.75, 3.05) is 26.1 Å². The first-order valence-corrected chi connectivity index (χ1v) is 13.7. The summed E-state index contributed by atoms with van der Waals surface area (Å²) >= 11 is 13.2. The lowest BCUT2D eigenvalue weighted by Gasteiger charge is -2.38. The number of nitrogens with zero attached hydrogens (tertiary/aromatic N) is 3. The molecule has 9 heteroatoms. The molecule has 3 aliphatic rings. The number of fused-ring (bicyclic) bond motifs is 2. The Morgan fingerprint density at radius 1 is 1.11 bits per heavy atom. The van der Waals surface area contributed by atoms with E-state index in [0.29, 0.717) is 50.8 Å². The lowest BCUT2D eigenvalue weighted by atomic mass is 9.76. The third-order valence-electron chi connectivity index (χ3n) is 6.91. The van der Waals surface area contributed by atoms with Crippen molar-refractivity contribution in [3.05, 3.63) is 60.7 Å². The molecule has 3 heterocycles. The predicted molar refractivity (Wildman–Crippen MR) is 148 cm³/mol. The average molecular weight is 648 g/mol. The predicted octanol–water partition coefficient (Wildman–Crippen LogP) is 5.91. The summed E-state index contributed by atoms with van der Waals surface area (Å²) in [6, 6.07) is 4.23. The molecule has 0 spiro atoms. The molecule has 2 saturated heterocycles. The molecule has 1 atom stereocenters. The number of likely N-dealkylation sites (tertiary alicyclic amines) is 2. The number of primary amides is 1. The standard InChI is InChI=1S/C27H31Br2ClN4O2/c28-20-12-19-2-1-18-13-21(30)14-22(29)24(18)25(26(19)32-15-20)17-5-9-33(10-6-17)23(35)11-16-3-7-34(8-4-16)27(31)36/h12-17,25H,1-11H2,(H2,31,36)/t25-/m1/s1/i5D2,6D2,9D2,10D2,17D. The van der Waals surface area contributed by atoms with Crippen molar-refractivity contribution in [2.24, 2.45) is 17.5 Å². The maximum Gasteiger partial charge on any atom is 0.314 e. The van der Waals surface area contributed by atoms with Crippen LogP contribution in [0.2, 0.25) is 5.02 Å². The first-order valence-electron chi connectivity index (χ1n) is 16.2. The highest BCUT2D eigenvalue weighted by atomic mass is 79.9. The zero-order valence-electron chi connectivity index (χ0n) is 28.3. The lowest BCUT2D eigenvalue weighted by Crippen LogP contribution is -2.44. The Morgan fingerprint density at radius 3 is 2.50 bits per heavy atom. The van der Waals surface area contributed by atoms with Gasteiger partial charge in [0.25, 0.3) is 0 Å². The number of pyridine rings is 1. The van der Waals surface area contributed by atoms with E-state index in [-0.39, 0.29) is 29.2 Å². The van der Waals surface area contributed by atoms with Crippen LogP contribution < -0.4 is 5.73 Å². The lowest BCUT2D eigenvalue weighted by molar-refractivity contribution is -0.134. The zero-order chi connectivity index (χ0) is 33.5. The van der Waals surface area contributed by atoms with Gasteiger partial charge in [-0.25, -0.2) is 4.79 Å². The third kappa shape index (κ3) is 5.46. The summed E-state index contributed by atoms with van der Waals surface area (Å²) in [6.45, 7) is -6.49. The molecular formula is C27H31Br2ClN4O2. The Labute approximate surface area is 246 Å². The number of nitrogens with two attached hydrogens (primary N) is 1. The van der Waals surface area contributed by atoms with Crippen LogP contribution in [0.5, 0.6) is 0 Å². The summed E-state index contributed by atoms with van der Waals surface area (Å²) in [6.07, 6.45) is -4.63. The van der Waals surface area contributed by atoms with Crippen LogP contribution in [0.4, 0.5) is 4.79 Å². The van der Waals surface area contributed by atoms with E-state index in [1.54, 1.807) is 12.1 Å². The molecule has 1 aromatic carbocycles. The number of hydrogen-bond acceptors (Lipinski definition) is 3. The van der Waals surface area contributed by atoms with Gasteiger partial charge in [0.1, 0.15) is 0 Å². The molecule has 5 rings (SSSR count). The summed E-state index contributed by atoms with van der Waals surface area (Å²) in [5.41, 5.74) is 6.80. The smallest absolute Gasteiger partial charge is 0.314 e. The molecular weight excluding hydrogens is 608 g/mol. The quantitative estimate of drug-likeness (QED) is 0.450. The summed E-state index contributed by atoms with van der Waals surface area (Å²) in [7, 11) is 0. The number of halogens is 3. The van der Waals surface area contributed by atoms with Gasteiger partial charge in [-0.15, -0.1) is 0 Å². The molecule has 192 valence electrons. The minimum Gasteiger partial charge on any atom is -0.351 e. The van der Waals surface area contributed by atoms with Crippen molar-refractivity contribution >= 4 is 55.4 Å². The second kappa shape index (κ2) is 11.0. The third-order valence-corrected chi connectivity index (χ3v) is 8.21. The monoisotopic (exact) mass is 645 g/mol. The Balaban J connectivity index is 1.67. The molecule has 2 aliphatic heterocycles. The Bertz CT molecular complexity index is 1530.